The van der Waals surface area contributed by atoms with Crippen LogP contribution in [0.5, 0.6) is 5.75 Å². The van der Waals surface area contributed by atoms with Crippen molar-refractivity contribution in [2.45, 2.75) is 58.3 Å². The highest BCUT2D eigenvalue weighted by Gasteiger charge is 2.41. The van der Waals surface area contributed by atoms with Crippen LogP contribution < -0.4 is 9.64 Å². The minimum atomic E-state index is -0.255. The fraction of sp³-hybridized carbons (Fsp3) is 0.385. The van der Waals surface area contributed by atoms with E-state index < -0.39 is 0 Å². The maximum Gasteiger partial charge on any atom is 0.298 e. The number of amides is 1. The summed E-state index contributed by atoms with van der Waals surface area (Å²) in [4.78, 5) is 27.3. The number of fused-ring (bicyclic) bond motifs is 1. The summed E-state index contributed by atoms with van der Waals surface area (Å²) < 4.78 is 5.30. The molecule has 0 unspecified atom stereocenters. The molecular weight excluding hydrogens is 406 g/mol. The van der Waals surface area contributed by atoms with Gasteiger partial charge in [-0.05, 0) is 77.1 Å². The quantitative estimate of drug-likeness (QED) is 0.510. The lowest BCUT2D eigenvalue weighted by atomic mass is 9.63. The van der Waals surface area contributed by atoms with E-state index in [0.717, 1.165) is 41.4 Å². The number of carbonyl (C=O) groups excluding carboxylic acids is 2. The van der Waals surface area contributed by atoms with Crippen molar-refractivity contribution in [3.8, 4) is 5.75 Å². The van der Waals surface area contributed by atoms with E-state index in [9.17, 15) is 9.59 Å². The zero-order valence-electron chi connectivity index (χ0n) is 19.0. The first kappa shape index (κ1) is 21.7. The lowest BCUT2D eigenvalue weighted by molar-refractivity contribution is -0.107. The maximum atomic E-state index is 12.9. The van der Waals surface area contributed by atoms with Crippen LogP contribution in [0.4, 0.5) is 10.5 Å². The fourth-order valence-corrected chi connectivity index (χ4v) is 5.26. The number of nitrogens with zero attached hydrogens (tertiary/aromatic N) is 1. The molecule has 0 atom stereocenters. The van der Waals surface area contributed by atoms with Crippen molar-refractivity contribution in [2.75, 3.05) is 12.0 Å². The number of carbonyl (C=O) groups is 2. The van der Waals surface area contributed by atoms with Gasteiger partial charge in [0.25, 0.3) is 5.24 Å². The Morgan fingerprint density at radius 2 is 1.65 bits per heavy atom. The van der Waals surface area contributed by atoms with Crippen LogP contribution in [0, 0.1) is 6.92 Å². The topological polar surface area (TPSA) is 46.6 Å². The van der Waals surface area contributed by atoms with Gasteiger partial charge in [-0.15, -0.1) is 0 Å². The Bertz CT molecular complexity index is 1110. The van der Waals surface area contributed by atoms with Gasteiger partial charge in [-0.1, -0.05) is 45.9 Å². The fourth-order valence-electron chi connectivity index (χ4n) is 4.56. The molecule has 0 radical (unpaired) electrons. The van der Waals surface area contributed by atoms with Crippen molar-refractivity contribution in [2.24, 2.45) is 0 Å². The lowest BCUT2D eigenvalue weighted by Crippen LogP contribution is -2.34. The summed E-state index contributed by atoms with van der Waals surface area (Å²) in [5.41, 5.74) is 5.72. The molecule has 162 valence electrons. The number of ether oxygens (including phenoxy) is 1. The molecule has 2 aromatic rings. The van der Waals surface area contributed by atoms with Crippen LogP contribution in [0.3, 0.4) is 0 Å². The highest BCUT2D eigenvalue weighted by Crippen LogP contribution is 2.49. The third-order valence-electron chi connectivity index (χ3n) is 6.62. The molecular formula is C26H29NO3S. The number of anilines is 1. The minimum Gasteiger partial charge on any atom is -0.497 e. The summed E-state index contributed by atoms with van der Waals surface area (Å²) in [6, 6.07) is 11.8. The summed E-state index contributed by atoms with van der Waals surface area (Å²) in [7, 11) is 1.61. The zero-order chi connectivity index (χ0) is 22.6. The van der Waals surface area contributed by atoms with Gasteiger partial charge in [0.1, 0.15) is 11.4 Å². The van der Waals surface area contributed by atoms with Gasteiger partial charge in [0.05, 0.1) is 12.8 Å². The van der Waals surface area contributed by atoms with E-state index in [1.807, 2.05) is 31.2 Å². The third-order valence-corrected chi connectivity index (χ3v) is 7.37. The maximum absolute atomic E-state index is 12.9. The number of thioether (sulfide) groups is 1. The van der Waals surface area contributed by atoms with Crippen molar-refractivity contribution in [1.29, 1.82) is 0 Å². The summed E-state index contributed by atoms with van der Waals surface area (Å²) >= 11 is 0.755. The Morgan fingerprint density at radius 3 is 2.29 bits per heavy atom. The summed E-state index contributed by atoms with van der Waals surface area (Å²) in [6.07, 6.45) is 3.99. The molecule has 4 nitrogen and oxygen atoms in total. The van der Waals surface area contributed by atoms with Gasteiger partial charge in [0.2, 0.25) is 5.12 Å². The molecule has 5 heteroatoms. The molecule has 2 aromatic carbocycles. The van der Waals surface area contributed by atoms with Crippen LogP contribution >= 0.6 is 11.8 Å². The number of rotatable bonds is 3. The monoisotopic (exact) mass is 435 g/mol. The smallest absolute Gasteiger partial charge is 0.298 e. The van der Waals surface area contributed by atoms with Crippen LogP contribution in [0.2, 0.25) is 0 Å². The van der Waals surface area contributed by atoms with Gasteiger partial charge in [-0.25, -0.2) is 0 Å². The van der Waals surface area contributed by atoms with E-state index in [1.165, 1.54) is 11.1 Å². The highest BCUT2D eigenvalue weighted by atomic mass is 32.2. The predicted octanol–water partition coefficient (Wildman–Crippen LogP) is 6.59. The molecule has 0 spiro atoms. The first-order chi connectivity index (χ1) is 14.5. The van der Waals surface area contributed by atoms with E-state index in [0.29, 0.717) is 11.4 Å². The van der Waals surface area contributed by atoms with Gasteiger partial charge >= 0.3 is 0 Å². The van der Waals surface area contributed by atoms with Crippen LogP contribution in [0.1, 0.15) is 62.8 Å². The minimum absolute atomic E-state index is 0.0178. The van der Waals surface area contributed by atoms with Crippen molar-refractivity contribution in [1.82, 2.24) is 0 Å². The van der Waals surface area contributed by atoms with E-state index in [2.05, 4.69) is 39.8 Å². The zero-order valence-corrected chi connectivity index (χ0v) is 19.9. The Kier molecular flexibility index (Phi) is 5.29. The SMILES string of the molecule is COc1cccc(C=C2C(=O)SC(=O)N2c2cc3c(cc2C)C(C)(C)CCC3(C)C)c1. The Hall–Kier alpha value is -2.53. The molecule has 0 N–H and O–H groups in total. The molecule has 0 saturated carbocycles. The van der Waals surface area contributed by atoms with E-state index in [4.69, 9.17) is 4.74 Å². The molecule has 1 amide bonds. The molecule has 1 fully saturated rings. The first-order valence-electron chi connectivity index (χ1n) is 10.6. The number of methoxy groups -OCH3 is 1. The number of hydrogen-bond donors (Lipinski definition) is 0. The van der Waals surface area contributed by atoms with Crippen molar-refractivity contribution >= 4 is 33.9 Å². The van der Waals surface area contributed by atoms with Gasteiger partial charge in [0, 0.05) is 11.8 Å². The average Bonchev–Trinajstić information content (AvgIpc) is 2.98. The Labute approximate surface area is 188 Å². The lowest BCUT2D eigenvalue weighted by Gasteiger charge is -2.42. The Balaban J connectivity index is 1.86. The second kappa shape index (κ2) is 7.56. The van der Waals surface area contributed by atoms with Crippen LogP contribution in [-0.4, -0.2) is 17.5 Å². The summed E-state index contributed by atoms with van der Waals surface area (Å²) in [6.45, 7) is 11.1. The normalized spacial score (nSPS) is 20.8. The Morgan fingerprint density at radius 1 is 1.00 bits per heavy atom. The second-order valence-electron chi connectivity index (χ2n) is 9.75. The predicted molar refractivity (Wildman–Crippen MR) is 128 cm³/mol. The first-order valence-corrected chi connectivity index (χ1v) is 11.4. The van der Waals surface area contributed by atoms with E-state index >= 15 is 0 Å². The highest BCUT2D eigenvalue weighted by molar-refractivity contribution is 8.27. The van der Waals surface area contributed by atoms with Gasteiger partial charge in [0.15, 0.2) is 0 Å². The molecule has 4 rings (SSSR count). The molecule has 0 aromatic heterocycles. The van der Waals surface area contributed by atoms with Crippen molar-refractivity contribution in [3.05, 3.63) is 64.3 Å². The summed E-state index contributed by atoms with van der Waals surface area (Å²) in [5.74, 6) is 0.708. The molecule has 31 heavy (non-hydrogen) atoms. The van der Waals surface area contributed by atoms with Crippen molar-refractivity contribution in [3.63, 3.8) is 0 Å². The van der Waals surface area contributed by atoms with E-state index in [1.54, 1.807) is 18.1 Å². The molecule has 1 saturated heterocycles. The van der Waals surface area contributed by atoms with Gasteiger partial charge < -0.3 is 4.74 Å². The number of aryl methyl sites for hydroxylation is 1. The van der Waals surface area contributed by atoms with Crippen LogP contribution in [-0.2, 0) is 15.6 Å². The molecule has 0 bridgehead atoms. The van der Waals surface area contributed by atoms with Crippen LogP contribution in [0.25, 0.3) is 6.08 Å². The number of benzene rings is 2. The molecule has 1 heterocycles. The van der Waals surface area contributed by atoms with Gasteiger partial charge in [-0.2, -0.15) is 0 Å². The third kappa shape index (κ3) is 3.80. The second-order valence-corrected chi connectivity index (χ2v) is 10.7. The van der Waals surface area contributed by atoms with E-state index in [-0.39, 0.29) is 21.2 Å². The molecule has 1 aliphatic heterocycles. The van der Waals surface area contributed by atoms with Gasteiger partial charge in [-0.3, -0.25) is 14.5 Å². The number of hydrogen-bond acceptors (Lipinski definition) is 4. The van der Waals surface area contributed by atoms with Crippen LogP contribution in [0.15, 0.2) is 42.1 Å². The average molecular weight is 436 g/mol. The summed E-state index contributed by atoms with van der Waals surface area (Å²) in [5, 5.41) is -0.486. The van der Waals surface area contributed by atoms with Crippen molar-refractivity contribution < 1.29 is 14.3 Å². The largest absolute Gasteiger partial charge is 0.497 e. The molecule has 1 aliphatic carbocycles. The standard InChI is InChI=1S/C26H29NO3S/c1-16-12-19-20(26(4,5)11-10-25(19,2)3)15-21(16)27-22(23(28)31-24(27)29)14-17-8-7-9-18(13-17)30-6/h7-9,12-15H,10-11H2,1-6H3. The molecule has 2 aliphatic rings.